The lowest BCUT2D eigenvalue weighted by molar-refractivity contribution is 0.546. The summed E-state index contributed by atoms with van der Waals surface area (Å²) in [6.45, 7) is 0. The summed E-state index contributed by atoms with van der Waals surface area (Å²) >= 11 is 10.9. The van der Waals surface area contributed by atoms with Gasteiger partial charge in [0.25, 0.3) is 0 Å². The van der Waals surface area contributed by atoms with Crippen LogP contribution in [0.15, 0.2) is 51.8 Å². The van der Waals surface area contributed by atoms with Crippen molar-refractivity contribution in [3.63, 3.8) is 0 Å². The first-order valence-electron chi connectivity index (χ1n) is 6.37. The Bertz CT molecular complexity index is 612. The van der Waals surface area contributed by atoms with Crippen molar-refractivity contribution in [2.45, 2.75) is 17.4 Å². The molecule has 0 heterocycles. The molecule has 0 aliphatic heterocycles. The molecular formula is C15H15BrClFN2S. The van der Waals surface area contributed by atoms with Gasteiger partial charge in [-0.1, -0.05) is 39.7 Å². The molecule has 1 unspecified atom stereocenters. The van der Waals surface area contributed by atoms with E-state index >= 15 is 0 Å². The van der Waals surface area contributed by atoms with Gasteiger partial charge in [-0.05, 0) is 42.3 Å². The van der Waals surface area contributed by atoms with Gasteiger partial charge in [-0.3, -0.25) is 11.3 Å². The summed E-state index contributed by atoms with van der Waals surface area (Å²) < 4.78 is 14.8. The van der Waals surface area contributed by atoms with Crippen molar-refractivity contribution in [1.82, 2.24) is 5.43 Å². The Kier molecular flexibility index (Phi) is 6.51. The molecule has 0 aliphatic carbocycles. The lowest BCUT2D eigenvalue weighted by Gasteiger charge is -2.16. The van der Waals surface area contributed by atoms with E-state index in [2.05, 4.69) is 21.4 Å². The van der Waals surface area contributed by atoms with Gasteiger partial charge in [-0.2, -0.15) is 0 Å². The van der Waals surface area contributed by atoms with E-state index in [1.165, 1.54) is 6.07 Å². The number of thioether (sulfide) groups is 1. The van der Waals surface area contributed by atoms with Gasteiger partial charge in [0.2, 0.25) is 0 Å². The van der Waals surface area contributed by atoms with Crippen molar-refractivity contribution in [1.29, 1.82) is 0 Å². The second kappa shape index (κ2) is 8.15. The number of rotatable bonds is 6. The molecule has 0 fully saturated rings. The fraction of sp³-hybridized carbons (Fsp3) is 0.200. The molecular weight excluding hydrogens is 375 g/mol. The third-order valence-corrected chi connectivity index (χ3v) is 4.85. The zero-order chi connectivity index (χ0) is 15.2. The van der Waals surface area contributed by atoms with Gasteiger partial charge in [0.15, 0.2) is 0 Å². The average Bonchev–Trinajstić information content (AvgIpc) is 2.45. The monoisotopic (exact) mass is 388 g/mol. The van der Waals surface area contributed by atoms with Gasteiger partial charge in [0, 0.05) is 26.2 Å². The van der Waals surface area contributed by atoms with E-state index < -0.39 is 0 Å². The highest BCUT2D eigenvalue weighted by atomic mass is 79.9. The molecule has 0 spiro atoms. The zero-order valence-corrected chi connectivity index (χ0v) is 14.3. The van der Waals surface area contributed by atoms with Crippen LogP contribution in [0.5, 0.6) is 0 Å². The van der Waals surface area contributed by atoms with Crippen molar-refractivity contribution in [3.8, 4) is 0 Å². The lowest BCUT2D eigenvalue weighted by atomic mass is 10.1. The molecule has 1 atom stereocenters. The number of hydrogen-bond acceptors (Lipinski definition) is 3. The zero-order valence-electron chi connectivity index (χ0n) is 11.2. The Morgan fingerprint density at radius 2 is 2.10 bits per heavy atom. The normalized spacial score (nSPS) is 12.4. The lowest BCUT2D eigenvalue weighted by Crippen LogP contribution is -2.38. The highest BCUT2D eigenvalue weighted by molar-refractivity contribution is 9.10. The van der Waals surface area contributed by atoms with Gasteiger partial charge >= 0.3 is 0 Å². The maximum Gasteiger partial charge on any atom is 0.127 e. The number of benzene rings is 2. The predicted molar refractivity (Wildman–Crippen MR) is 91.1 cm³/mol. The van der Waals surface area contributed by atoms with Crippen LogP contribution in [-0.4, -0.2) is 11.8 Å². The van der Waals surface area contributed by atoms with Crippen molar-refractivity contribution >= 4 is 39.3 Å². The third kappa shape index (κ3) is 5.27. The van der Waals surface area contributed by atoms with E-state index in [1.54, 1.807) is 23.9 Å². The van der Waals surface area contributed by atoms with Gasteiger partial charge in [0.1, 0.15) is 5.82 Å². The van der Waals surface area contributed by atoms with E-state index in [4.69, 9.17) is 17.4 Å². The average molecular weight is 390 g/mol. The number of hydrazine groups is 1. The van der Waals surface area contributed by atoms with Crippen molar-refractivity contribution in [2.24, 2.45) is 5.84 Å². The first-order chi connectivity index (χ1) is 10.1. The summed E-state index contributed by atoms with van der Waals surface area (Å²) in [5.74, 6) is 6.02. The molecule has 2 aromatic carbocycles. The molecule has 0 bridgehead atoms. The molecule has 2 aromatic rings. The molecule has 0 radical (unpaired) electrons. The van der Waals surface area contributed by atoms with Crippen LogP contribution in [0.4, 0.5) is 4.39 Å². The quantitative estimate of drug-likeness (QED) is 0.437. The number of hydrogen-bond donors (Lipinski definition) is 2. The summed E-state index contributed by atoms with van der Waals surface area (Å²) in [7, 11) is 0. The Labute approximate surface area is 141 Å². The van der Waals surface area contributed by atoms with Crippen molar-refractivity contribution < 1.29 is 4.39 Å². The Balaban J connectivity index is 1.97. The summed E-state index contributed by atoms with van der Waals surface area (Å²) in [5.41, 5.74) is 3.35. The van der Waals surface area contributed by atoms with Crippen LogP contribution in [0, 0.1) is 5.82 Å². The second-order valence-corrected chi connectivity index (χ2v) is 7.02. The van der Waals surface area contributed by atoms with Crippen LogP contribution in [0.3, 0.4) is 0 Å². The molecule has 0 aromatic heterocycles. The van der Waals surface area contributed by atoms with Crippen molar-refractivity contribution in [2.75, 3.05) is 5.75 Å². The van der Waals surface area contributed by atoms with Crippen molar-refractivity contribution in [3.05, 3.63) is 63.3 Å². The molecule has 3 N–H and O–H groups in total. The Morgan fingerprint density at radius 3 is 2.76 bits per heavy atom. The summed E-state index contributed by atoms with van der Waals surface area (Å²) in [4.78, 5) is 1.14. The van der Waals surface area contributed by atoms with E-state index in [9.17, 15) is 4.39 Å². The Hall–Kier alpha value is -0.590. The van der Waals surface area contributed by atoms with Gasteiger partial charge < -0.3 is 0 Å². The van der Waals surface area contributed by atoms with Crippen LogP contribution in [0.2, 0.25) is 5.02 Å². The highest BCUT2D eigenvalue weighted by Gasteiger charge is 2.12. The number of halogens is 3. The van der Waals surface area contributed by atoms with E-state index in [0.29, 0.717) is 17.0 Å². The number of nitrogens with one attached hydrogen (secondary N) is 1. The van der Waals surface area contributed by atoms with Crippen LogP contribution < -0.4 is 11.3 Å². The highest BCUT2D eigenvalue weighted by Crippen LogP contribution is 2.24. The predicted octanol–water partition coefficient (Wildman–Crippen LogP) is 4.41. The first-order valence-corrected chi connectivity index (χ1v) is 8.52. The minimum atomic E-state index is -0.296. The Morgan fingerprint density at radius 1 is 1.29 bits per heavy atom. The molecule has 0 saturated heterocycles. The van der Waals surface area contributed by atoms with Crippen LogP contribution in [-0.2, 0) is 6.42 Å². The minimum Gasteiger partial charge on any atom is -0.271 e. The van der Waals surface area contributed by atoms with Crippen LogP contribution in [0.25, 0.3) is 0 Å². The third-order valence-electron chi connectivity index (χ3n) is 2.96. The molecule has 112 valence electrons. The maximum absolute atomic E-state index is 13.8. The summed E-state index contributed by atoms with van der Waals surface area (Å²) in [5, 5.41) is 0.400. The molecule has 6 heteroatoms. The van der Waals surface area contributed by atoms with Gasteiger partial charge in [0.05, 0.1) is 0 Å². The topological polar surface area (TPSA) is 38.0 Å². The number of nitrogens with two attached hydrogens (primary N) is 1. The van der Waals surface area contributed by atoms with Crippen LogP contribution in [0.1, 0.15) is 5.56 Å². The standard InChI is InChI=1S/C15H15BrClFN2S/c16-11-2-1-3-14(7-11)21-9-13(20-19)6-10-4-5-12(17)8-15(10)18/h1-5,7-8,13,20H,6,9,19H2. The fourth-order valence-corrected chi connectivity index (χ4v) is 3.57. The SMILES string of the molecule is NNC(CSc1cccc(Br)c1)Cc1ccc(Cl)cc1F. The second-order valence-electron chi connectivity index (χ2n) is 4.57. The molecule has 21 heavy (non-hydrogen) atoms. The van der Waals surface area contributed by atoms with E-state index in [-0.39, 0.29) is 11.9 Å². The maximum atomic E-state index is 13.8. The molecule has 0 aliphatic rings. The van der Waals surface area contributed by atoms with E-state index in [1.807, 2.05) is 24.3 Å². The molecule has 2 nitrogen and oxygen atoms in total. The van der Waals surface area contributed by atoms with Gasteiger partial charge in [-0.25, -0.2) is 4.39 Å². The summed E-state index contributed by atoms with van der Waals surface area (Å²) in [6.07, 6.45) is 0.514. The smallest absolute Gasteiger partial charge is 0.127 e. The summed E-state index contributed by atoms with van der Waals surface area (Å²) in [6, 6.07) is 12.7. The minimum absolute atomic E-state index is 0.0235. The molecule has 0 amide bonds. The molecule has 0 saturated carbocycles. The molecule has 2 rings (SSSR count). The first kappa shape index (κ1) is 16.8. The van der Waals surface area contributed by atoms with Crippen LogP contribution >= 0.6 is 39.3 Å². The van der Waals surface area contributed by atoms with Gasteiger partial charge in [-0.15, -0.1) is 11.8 Å². The fourth-order valence-electron chi connectivity index (χ4n) is 1.87. The largest absolute Gasteiger partial charge is 0.271 e. The van der Waals surface area contributed by atoms with E-state index in [0.717, 1.165) is 15.1 Å².